The number of aromatic nitrogens is 1. The van der Waals surface area contributed by atoms with Crippen LogP contribution in [0, 0.1) is 0 Å². The smallest absolute Gasteiger partial charge is 0.329 e. The molecule has 2 rings (SSSR count). The summed E-state index contributed by atoms with van der Waals surface area (Å²) < 4.78 is 25.5. The summed E-state index contributed by atoms with van der Waals surface area (Å²) in [6.07, 6.45) is 1.51. The number of rotatable bonds is 8. The minimum absolute atomic E-state index is 0.0239. The van der Waals surface area contributed by atoms with Gasteiger partial charge in [-0.1, -0.05) is 24.3 Å². The fourth-order valence-electron chi connectivity index (χ4n) is 2.00. The van der Waals surface area contributed by atoms with Crippen LogP contribution >= 0.6 is 11.3 Å². The second-order valence-electron chi connectivity index (χ2n) is 5.29. The van der Waals surface area contributed by atoms with Gasteiger partial charge in [0.25, 0.3) is 0 Å². The van der Waals surface area contributed by atoms with Gasteiger partial charge in [-0.05, 0) is 30.9 Å². The normalized spacial score (nSPS) is 11.1. The highest BCUT2D eigenvalue weighted by molar-refractivity contribution is 7.92. The molecule has 0 unspecified atom stereocenters. The molecule has 2 amide bonds. The summed E-state index contributed by atoms with van der Waals surface area (Å²) in [6.45, 7) is 1.98. The number of benzene rings is 1. The lowest BCUT2D eigenvalue weighted by molar-refractivity contribution is 0.241. The van der Waals surface area contributed by atoms with Crippen molar-refractivity contribution in [1.29, 1.82) is 0 Å². The van der Waals surface area contributed by atoms with Crippen molar-refractivity contribution in [1.82, 2.24) is 15.7 Å². The van der Waals surface area contributed by atoms with Crippen molar-refractivity contribution in [2.45, 2.75) is 26.3 Å². The van der Waals surface area contributed by atoms with Crippen molar-refractivity contribution in [3.63, 3.8) is 0 Å². The minimum Gasteiger partial charge on any atom is -0.333 e. The molecule has 0 spiro atoms. The number of hydrogen-bond acceptors (Lipinski definition) is 6. The number of sulfonamides is 1. The molecular weight excluding hydrogens is 362 g/mol. The second kappa shape index (κ2) is 8.79. The van der Waals surface area contributed by atoms with Gasteiger partial charge in [-0.2, -0.15) is 0 Å². The average Bonchev–Trinajstić information content (AvgIpc) is 3.05. The van der Waals surface area contributed by atoms with Crippen LogP contribution in [0.2, 0.25) is 0 Å². The lowest BCUT2D eigenvalue weighted by Gasteiger charge is -2.05. The third-order valence-electron chi connectivity index (χ3n) is 3.45. The Bertz CT molecular complexity index is 803. The van der Waals surface area contributed by atoms with Crippen molar-refractivity contribution in [3.05, 3.63) is 46.5 Å². The van der Waals surface area contributed by atoms with Crippen LogP contribution in [-0.2, 0) is 29.4 Å². The lowest BCUT2D eigenvalue weighted by atomic mass is 10.1. The van der Waals surface area contributed by atoms with Crippen molar-refractivity contribution >= 4 is 32.5 Å². The Kier molecular flexibility index (Phi) is 6.73. The molecule has 10 heteroatoms. The Morgan fingerprint density at radius 1 is 1.20 bits per heavy atom. The summed E-state index contributed by atoms with van der Waals surface area (Å²) in [7, 11) is -3.29. The summed E-state index contributed by atoms with van der Waals surface area (Å²) in [6, 6.07) is 7.43. The van der Waals surface area contributed by atoms with Crippen molar-refractivity contribution in [2.75, 3.05) is 10.5 Å². The van der Waals surface area contributed by atoms with Gasteiger partial charge in [0.1, 0.15) is 0 Å². The van der Waals surface area contributed by atoms with Crippen LogP contribution in [0.25, 0.3) is 0 Å². The van der Waals surface area contributed by atoms with Gasteiger partial charge in [0, 0.05) is 11.9 Å². The number of hydrogen-bond donors (Lipinski definition) is 4. The van der Waals surface area contributed by atoms with E-state index in [1.165, 1.54) is 11.3 Å². The Balaban J connectivity index is 1.85. The number of aryl methyl sites for hydroxylation is 2. The van der Waals surface area contributed by atoms with E-state index in [0.29, 0.717) is 11.7 Å². The summed E-state index contributed by atoms with van der Waals surface area (Å²) in [5, 5.41) is 4.87. The topological polar surface area (TPSA) is 126 Å². The van der Waals surface area contributed by atoms with Crippen molar-refractivity contribution in [2.24, 2.45) is 5.84 Å². The van der Waals surface area contributed by atoms with Crippen molar-refractivity contribution in [3.8, 4) is 0 Å². The van der Waals surface area contributed by atoms with Crippen LogP contribution in [0.3, 0.4) is 0 Å². The quantitative estimate of drug-likeness (QED) is 0.311. The fourth-order valence-corrected chi connectivity index (χ4v) is 3.62. The van der Waals surface area contributed by atoms with E-state index in [4.69, 9.17) is 5.84 Å². The van der Waals surface area contributed by atoms with Gasteiger partial charge in [0.15, 0.2) is 5.13 Å². The molecule has 0 saturated carbocycles. The number of hydrazine groups is 1. The maximum absolute atomic E-state index is 11.5. The Morgan fingerprint density at radius 2 is 1.88 bits per heavy atom. The number of thiazole rings is 1. The number of urea groups is 1. The molecule has 5 N–H and O–H groups in total. The highest BCUT2D eigenvalue weighted by atomic mass is 32.2. The van der Waals surface area contributed by atoms with E-state index >= 15 is 0 Å². The van der Waals surface area contributed by atoms with Gasteiger partial charge in [0.2, 0.25) is 10.0 Å². The lowest BCUT2D eigenvalue weighted by Crippen LogP contribution is -2.39. The van der Waals surface area contributed by atoms with E-state index in [1.54, 1.807) is 6.92 Å². The zero-order chi connectivity index (χ0) is 18.3. The molecule has 0 aliphatic heterocycles. The molecule has 0 fully saturated rings. The van der Waals surface area contributed by atoms with Crippen LogP contribution in [0.15, 0.2) is 29.6 Å². The van der Waals surface area contributed by atoms with E-state index in [-0.39, 0.29) is 5.75 Å². The van der Waals surface area contributed by atoms with Gasteiger partial charge in [-0.25, -0.2) is 24.0 Å². The van der Waals surface area contributed by atoms with E-state index in [1.807, 2.05) is 35.1 Å². The van der Waals surface area contributed by atoms with Crippen LogP contribution in [-0.4, -0.2) is 25.2 Å². The zero-order valence-electron chi connectivity index (χ0n) is 13.8. The Hall–Kier alpha value is -2.17. The zero-order valence-corrected chi connectivity index (χ0v) is 15.4. The molecule has 136 valence electrons. The van der Waals surface area contributed by atoms with Gasteiger partial charge >= 0.3 is 6.03 Å². The summed E-state index contributed by atoms with van der Waals surface area (Å²) >= 11 is 1.28. The molecular formula is C15H21N5O3S2. The second-order valence-corrected chi connectivity index (χ2v) is 8.16. The Morgan fingerprint density at radius 3 is 2.52 bits per heavy atom. The van der Waals surface area contributed by atoms with Gasteiger partial charge < -0.3 is 5.32 Å². The molecule has 0 bridgehead atoms. The predicted molar refractivity (Wildman–Crippen MR) is 98.6 cm³/mol. The Labute approximate surface area is 150 Å². The molecule has 2 aromatic rings. The monoisotopic (exact) mass is 383 g/mol. The van der Waals surface area contributed by atoms with Gasteiger partial charge in [-0.3, -0.25) is 10.1 Å². The predicted octanol–water partition coefficient (Wildman–Crippen LogP) is 1.36. The number of carbonyl (C=O) groups excluding carboxylic acids is 1. The molecule has 0 radical (unpaired) electrons. The molecule has 0 atom stereocenters. The third kappa shape index (κ3) is 6.33. The van der Waals surface area contributed by atoms with Crippen molar-refractivity contribution < 1.29 is 13.2 Å². The number of nitrogens with one attached hydrogen (secondary N) is 3. The van der Waals surface area contributed by atoms with E-state index < -0.39 is 16.1 Å². The maximum atomic E-state index is 11.5. The summed E-state index contributed by atoms with van der Waals surface area (Å²) in [5.41, 5.74) is 4.96. The standard InChI is InChI=1S/C15H21N5O3S2/c1-2-25(22,23)20-15-18-13(10-24-15)8-7-11-3-5-12(6-4-11)9-17-14(21)19-16/h3-6,10H,2,7-9,16H2,1H3,(H,18,20)(H2,17,19,21). The average molecular weight is 383 g/mol. The highest BCUT2D eigenvalue weighted by Crippen LogP contribution is 2.18. The van der Waals surface area contributed by atoms with Crippen LogP contribution in [0.5, 0.6) is 0 Å². The first kappa shape index (κ1) is 19.2. The molecule has 0 aliphatic rings. The van der Waals surface area contributed by atoms with E-state index in [9.17, 15) is 13.2 Å². The SMILES string of the molecule is CCS(=O)(=O)Nc1nc(CCc2ccc(CNC(=O)NN)cc2)cs1. The number of nitrogens with two attached hydrogens (primary N) is 1. The van der Waals surface area contributed by atoms with Crippen LogP contribution < -0.4 is 21.3 Å². The van der Waals surface area contributed by atoms with E-state index in [0.717, 1.165) is 29.7 Å². The van der Waals surface area contributed by atoms with Gasteiger partial charge in [0.05, 0.1) is 11.4 Å². The van der Waals surface area contributed by atoms with Crippen LogP contribution in [0.4, 0.5) is 9.93 Å². The fraction of sp³-hybridized carbons (Fsp3) is 0.333. The van der Waals surface area contributed by atoms with Crippen LogP contribution in [0.1, 0.15) is 23.7 Å². The number of anilines is 1. The number of carbonyl (C=O) groups is 1. The first-order valence-corrected chi connectivity index (χ1v) is 10.2. The summed E-state index contributed by atoms with van der Waals surface area (Å²) in [4.78, 5) is 15.3. The number of amides is 2. The molecule has 1 aromatic carbocycles. The third-order valence-corrected chi connectivity index (χ3v) is 5.65. The first-order valence-electron chi connectivity index (χ1n) is 7.69. The minimum atomic E-state index is -3.29. The molecule has 1 aromatic heterocycles. The van der Waals surface area contributed by atoms with Gasteiger partial charge in [-0.15, -0.1) is 11.3 Å². The number of nitrogens with zero attached hydrogens (tertiary/aromatic N) is 1. The molecule has 1 heterocycles. The molecule has 8 nitrogen and oxygen atoms in total. The largest absolute Gasteiger partial charge is 0.333 e. The highest BCUT2D eigenvalue weighted by Gasteiger charge is 2.10. The molecule has 0 aliphatic carbocycles. The first-order chi connectivity index (χ1) is 11.9. The molecule has 25 heavy (non-hydrogen) atoms. The molecule has 0 saturated heterocycles. The maximum Gasteiger partial charge on any atom is 0.329 e. The van der Waals surface area contributed by atoms with E-state index in [2.05, 4.69) is 15.0 Å². The summed E-state index contributed by atoms with van der Waals surface area (Å²) in [5.74, 6) is 5.02.